The van der Waals surface area contributed by atoms with Gasteiger partial charge in [-0.25, -0.2) is 9.67 Å². The second kappa shape index (κ2) is 12.3. The summed E-state index contributed by atoms with van der Waals surface area (Å²) in [6.07, 6.45) is 1.97. The molecule has 0 aliphatic carbocycles. The Labute approximate surface area is 195 Å². The van der Waals surface area contributed by atoms with Gasteiger partial charge in [0.05, 0.1) is 24.5 Å². The van der Waals surface area contributed by atoms with Crippen molar-refractivity contribution in [3.05, 3.63) is 83.7 Å². The Morgan fingerprint density at radius 3 is 2.47 bits per heavy atom. The van der Waals surface area contributed by atoms with Crippen LogP contribution in [0.4, 0.5) is 0 Å². The van der Waals surface area contributed by atoms with Crippen molar-refractivity contribution in [1.29, 1.82) is 0 Å². The third kappa shape index (κ3) is 6.56. The van der Waals surface area contributed by atoms with Crippen LogP contribution in [0.3, 0.4) is 0 Å². The number of aliphatic imine (C=N–C) groups is 1. The molecule has 0 spiro atoms. The molecule has 0 amide bonds. The number of benzene rings is 2. The van der Waals surface area contributed by atoms with Crippen molar-refractivity contribution in [2.45, 2.75) is 26.3 Å². The summed E-state index contributed by atoms with van der Waals surface area (Å²) in [5.74, 6) is 0.743. The standard InChI is InChI=1S/C23H29N5O.HI/c1-3-24-23(26-16-21(17-29)19-9-5-4-6-10-19)25-15-20-11-7-8-12-22(20)28-14-13-18(2)27-28;/h4-14,21,29H,3,15-17H2,1-2H3,(H2,24,25,26);1H. The van der Waals surface area contributed by atoms with Crippen LogP contribution < -0.4 is 10.6 Å². The highest BCUT2D eigenvalue weighted by Crippen LogP contribution is 2.16. The van der Waals surface area contributed by atoms with Crippen LogP contribution in [0.5, 0.6) is 0 Å². The van der Waals surface area contributed by atoms with Gasteiger partial charge in [-0.15, -0.1) is 24.0 Å². The second-order valence-electron chi connectivity index (χ2n) is 6.90. The molecule has 3 rings (SSSR count). The lowest BCUT2D eigenvalue weighted by molar-refractivity contribution is 0.265. The molecule has 0 fully saturated rings. The number of halogens is 1. The largest absolute Gasteiger partial charge is 0.396 e. The Morgan fingerprint density at radius 1 is 1.07 bits per heavy atom. The lowest BCUT2D eigenvalue weighted by Crippen LogP contribution is -2.40. The number of rotatable bonds is 8. The van der Waals surface area contributed by atoms with E-state index < -0.39 is 0 Å². The van der Waals surface area contributed by atoms with Crippen molar-refractivity contribution < 1.29 is 5.11 Å². The fraction of sp³-hybridized carbons (Fsp3) is 0.304. The van der Waals surface area contributed by atoms with E-state index in [0.717, 1.165) is 35.0 Å². The zero-order valence-electron chi connectivity index (χ0n) is 17.5. The van der Waals surface area contributed by atoms with Crippen LogP contribution >= 0.6 is 24.0 Å². The normalized spacial score (nSPS) is 12.2. The van der Waals surface area contributed by atoms with Gasteiger partial charge in [0.1, 0.15) is 0 Å². The van der Waals surface area contributed by atoms with Crippen LogP contribution in [0.25, 0.3) is 5.69 Å². The monoisotopic (exact) mass is 519 g/mol. The number of para-hydroxylation sites is 1. The first kappa shape index (κ1) is 23.9. The van der Waals surface area contributed by atoms with E-state index in [2.05, 4.69) is 27.9 Å². The summed E-state index contributed by atoms with van der Waals surface area (Å²) in [5.41, 5.74) is 4.21. The zero-order valence-corrected chi connectivity index (χ0v) is 19.8. The average molecular weight is 519 g/mol. The highest BCUT2D eigenvalue weighted by Gasteiger charge is 2.11. The molecule has 0 aliphatic heterocycles. The number of aryl methyl sites for hydroxylation is 1. The molecule has 2 aromatic carbocycles. The van der Waals surface area contributed by atoms with Gasteiger partial charge in [-0.1, -0.05) is 48.5 Å². The van der Waals surface area contributed by atoms with E-state index in [0.29, 0.717) is 13.1 Å². The Morgan fingerprint density at radius 2 is 1.80 bits per heavy atom. The number of hydrogen-bond acceptors (Lipinski definition) is 3. The molecule has 1 atom stereocenters. The Hall–Kier alpha value is -2.39. The number of hydrogen-bond donors (Lipinski definition) is 3. The van der Waals surface area contributed by atoms with Crippen molar-refractivity contribution in [2.75, 3.05) is 19.7 Å². The van der Waals surface area contributed by atoms with Gasteiger partial charge in [-0.2, -0.15) is 5.10 Å². The number of aromatic nitrogens is 2. The predicted molar refractivity (Wildman–Crippen MR) is 133 cm³/mol. The average Bonchev–Trinajstić information content (AvgIpc) is 3.19. The Balaban J connectivity index is 0.00000320. The van der Waals surface area contributed by atoms with Crippen LogP contribution in [-0.2, 0) is 6.54 Å². The molecule has 0 radical (unpaired) electrons. The molecule has 30 heavy (non-hydrogen) atoms. The fourth-order valence-corrected chi connectivity index (χ4v) is 3.16. The SMILES string of the molecule is CCNC(=NCc1ccccc1-n1ccc(C)n1)NCC(CO)c1ccccc1.I. The molecule has 0 aliphatic rings. The van der Waals surface area contributed by atoms with E-state index in [1.165, 1.54) is 0 Å². The van der Waals surface area contributed by atoms with Crippen molar-refractivity contribution in [1.82, 2.24) is 20.4 Å². The minimum Gasteiger partial charge on any atom is -0.396 e. The first-order chi connectivity index (χ1) is 14.2. The highest BCUT2D eigenvalue weighted by atomic mass is 127. The van der Waals surface area contributed by atoms with E-state index in [1.807, 2.05) is 73.3 Å². The first-order valence-electron chi connectivity index (χ1n) is 9.99. The molecule has 0 bridgehead atoms. The summed E-state index contributed by atoms with van der Waals surface area (Å²) < 4.78 is 1.89. The molecule has 7 heteroatoms. The summed E-state index contributed by atoms with van der Waals surface area (Å²) in [7, 11) is 0. The lowest BCUT2D eigenvalue weighted by Gasteiger charge is -2.18. The molecule has 6 nitrogen and oxygen atoms in total. The maximum absolute atomic E-state index is 9.78. The van der Waals surface area contributed by atoms with Crippen LogP contribution in [-0.4, -0.2) is 40.5 Å². The minimum atomic E-state index is 0. The van der Waals surface area contributed by atoms with Gasteiger partial charge in [0.15, 0.2) is 5.96 Å². The molecule has 0 saturated heterocycles. The third-order valence-corrected chi connectivity index (χ3v) is 4.72. The molecule has 160 valence electrons. The number of nitrogens with zero attached hydrogens (tertiary/aromatic N) is 3. The summed E-state index contributed by atoms with van der Waals surface area (Å²) in [6, 6.07) is 20.2. The van der Waals surface area contributed by atoms with Gasteiger partial charge in [-0.05, 0) is 37.1 Å². The van der Waals surface area contributed by atoms with Crippen molar-refractivity contribution in [3.8, 4) is 5.69 Å². The summed E-state index contributed by atoms with van der Waals surface area (Å²) in [5, 5.41) is 20.9. The van der Waals surface area contributed by atoms with E-state index in [9.17, 15) is 5.11 Å². The van der Waals surface area contributed by atoms with Gasteiger partial charge in [-0.3, -0.25) is 0 Å². The molecule has 3 N–H and O–H groups in total. The third-order valence-electron chi connectivity index (χ3n) is 4.72. The van der Waals surface area contributed by atoms with Crippen LogP contribution in [0.2, 0.25) is 0 Å². The van der Waals surface area contributed by atoms with Crippen LogP contribution in [0.15, 0.2) is 71.9 Å². The van der Waals surface area contributed by atoms with Crippen molar-refractivity contribution in [2.24, 2.45) is 4.99 Å². The number of guanidine groups is 1. The number of nitrogens with one attached hydrogen (secondary N) is 2. The van der Waals surface area contributed by atoms with E-state index in [4.69, 9.17) is 4.99 Å². The van der Waals surface area contributed by atoms with Crippen LogP contribution in [0.1, 0.15) is 29.7 Å². The molecule has 0 saturated carbocycles. The highest BCUT2D eigenvalue weighted by molar-refractivity contribution is 14.0. The maximum Gasteiger partial charge on any atom is 0.191 e. The quantitative estimate of drug-likeness (QED) is 0.242. The molecular weight excluding hydrogens is 489 g/mol. The lowest BCUT2D eigenvalue weighted by atomic mass is 10.0. The first-order valence-corrected chi connectivity index (χ1v) is 9.99. The number of aliphatic hydroxyl groups excluding tert-OH is 1. The van der Waals surface area contributed by atoms with E-state index >= 15 is 0 Å². The van der Waals surface area contributed by atoms with Gasteiger partial charge in [0.2, 0.25) is 0 Å². The van der Waals surface area contributed by atoms with E-state index in [1.54, 1.807) is 0 Å². The summed E-state index contributed by atoms with van der Waals surface area (Å²) in [4.78, 5) is 4.75. The predicted octanol–water partition coefficient (Wildman–Crippen LogP) is 3.63. The topological polar surface area (TPSA) is 74.5 Å². The van der Waals surface area contributed by atoms with E-state index in [-0.39, 0.29) is 36.5 Å². The second-order valence-corrected chi connectivity index (χ2v) is 6.90. The zero-order chi connectivity index (χ0) is 20.5. The fourth-order valence-electron chi connectivity index (χ4n) is 3.16. The molecule has 3 aromatic rings. The summed E-state index contributed by atoms with van der Waals surface area (Å²) >= 11 is 0. The molecular formula is C23H30IN5O. The molecule has 1 aromatic heterocycles. The van der Waals surface area contributed by atoms with Crippen molar-refractivity contribution >= 4 is 29.9 Å². The van der Waals surface area contributed by atoms with Crippen molar-refractivity contribution in [3.63, 3.8) is 0 Å². The minimum absolute atomic E-state index is 0. The van der Waals surface area contributed by atoms with Gasteiger partial charge < -0.3 is 15.7 Å². The molecule has 1 heterocycles. The van der Waals surface area contributed by atoms with Crippen LogP contribution in [0, 0.1) is 6.92 Å². The van der Waals surface area contributed by atoms with Gasteiger partial charge in [0.25, 0.3) is 0 Å². The summed E-state index contributed by atoms with van der Waals surface area (Å²) in [6.45, 7) is 6.00. The molecule has 1 unspecified atom stereocenters. The smallest absolute Gasteiger partial charge is 0.191 e. The van der Waals surface area contributed by atoms with Gasteiger partial charge >= 0.3 is 0 Å². The van der Waals surface area contributed by atoms with Gasteiger partial charge in [0, 0.05) is 25.2 Å². The number of aliphatic hydroxyl groups is 1. The Kier molecular flexibility index (Phi) is 9.82. The maximum atomic E-state index is 9.78. The Bertz CT molecular complexity index is 926.